The number of rotatable bonds is 10. The molecule has 0 saturated heterocycles. The third kappa shape index (κ3) is 9.88. The topological polar surface area (TPSA) is 157 Å². The summed E-state index contributed by atoms with van der Waals surface area (Å²) < 4.78 is 16.2. The van der Waals surface area contributed by atoms with E-state index >= 15 is 0 Å². The molecule has 220 valence electrons. The van der Waals surface area contributed by atoms with Gasteiger partial charge in [0.15, 0.2) is 5.76 Å². The number of hydrogen-bond donors (Lipinski definition) is 2. The van der Waals surface area contributed by atoms with Crippen molar-refractivity contribution in [3.05, 3.63) is 75.6 Å². The Morgan fingerprint density at radius 2 is 1.20 bits per heavy atom. The van der Waals surface area contributed by atoms with Crippen molar-refractivity contribution in [2.24, 2.45) is 0 Å². The van der Waals surface area contributed by atoms with Crippen molar-refractivity contribution in [3.63, 3.8) is 0 Å². The van der Waals surface area contributed by atoms with Gasteiger partial charge in [0, 0.05) is 18.3 Å². The van der Waals surface area contributed by atoms with Crippen LogP contribution in [-0.2, 0) is 6.42 Å². The molecule has 0 amide bonds. The molecular weight excluding hydrogens is 539 g/mol. The number of carbonyl (C=O) groups excluding carboxylic acids is 1. The van der Waals surface area contributed by atoms with Crippen LogP contribution in [-0.4, -0.2) is 40.5 Å². The second-order valence-corrected chi connectivity index (χ2v) is 10.7. The van der Waals surface area contributed by atoms with Crippen molar-refractivity contribution in [1.82, 2.24) is 0 Å². The first-order valence-electron chi connectivity index (χ1n) is 13.1. The first-order valence-corrected chi connectivity index (χ1v) is 13.1. The third-order valence-corrected chi connectivity index (χ3v) is 6.22. The van der Waals surface area contributed by atoms with Gasteiger partial charge in [0.1, 0.15) is 22.8 Å². The van der Waals surface area contributed by atoms with E-state index in [1.165, 1.54) is 13.2 Å². The van der Waals surface area contributed by atoms with Crippen LogP contribution in [0.2, 0.25) is 0 Å². The fourth-order valence-corrected chi connectivity index (χ4v) is 4.18. The number of methoxy groups -OCH3 is 1. The summed E-state index contributed by atoms with van der Waals surface area (Å²) in [6, 6.07) is 8.11. The van der Waals surface area contributed by atoms with E-state index in [-0.39, 0.29) is 82.1 Å². The number of hydrogen-bond acceptors (Lipinski definition) is 7. The number of carbonyl (C=O) groups is 3. The standard InChI is InChI=1S/C20H24O5.C11H16O3.Na.H2O/c1-11(2)15-10-18(25-19(15)12(3)4)16(21)8-13-6-7-14(20(22)23)17(9-13)24-5;1-6(2)8-5-9(11(12)13)14-10(8)7(3)4;;/h6-7,9-12H,8H2,1-5H3,(H,22,23);5-7H,1-4H3,(H,12,13);;1H2/q;;+1;/p-1. The van der Waals surface area contributed by atoms with E-state index in [0.717, 1.165) is 22.6 Å². The van der Waals surface area contributed by atoms with Crippen LogP contribution in [0.4, 0.5) is 0 Å². The van der Waals surface area contributed by atoms with Gasteiger partial charge < -0.3 is 29.3 Å². The maximum Gasteiger partial charge on any atom is 1.00 e. The average molecular weight is 581 g/mol. The van der Waals surface area contributed by atoms with Gasteiger partial charge in [-0.15, -0.1) is 0 Å². The van der Waals surface area contributed by atoms with Gasteiger partial charge in [0.05, 0.1) is 7.11 Å². The van der Waals surface area contributed by atoms with Crippen LogP contribution in [0, 0.1) is 0 Å². The van der Waals surface area contributed by atoms with E-state index in [4.69, 9.17) is 23.8 Å². The van der Waals surface area contributed by atoms with Crippen LogP contribution in [0.3, 0.4) is 0 Å². The van der Waals surface area contributed by atoms with Gasteiger partial charge >= 0.3 is 41.5 Å². The normalized spacial score (nSPS) is 10.7. The summed E-state index contributed by atoms with van der Waals surface area (Å²) in [5.74, 6) is 1.04. The second-order valence-electron chi connectivity index (χ2n) is 10.7. The van der Waals surface area contributed by atoms with Gasteiger partial charge in [-0.05, 0) is 52.8 Å². The number of benzene rings is 1. The van der Waals surface area contributed by atoms with Gasteiger partial charge in [0.25, 0.3) is 0 Å². The summed E-state index contributed by atoms with van der Waals surface area (Å²) in [6.45, 7) is 16.3. The van der Waals surface area contributed by atoms with Crippen molar-refractivity contribution in [3.8, 4) is 5.75 Å². The van der Waals surface area contributed by atoms with Crippen LogP contribution in [0.1, 0.15) is 139 Å². The molecule has 0 saturated carbocycles. The molecule has 2 heterocycles. The number of carboxylic acids is 2. The van der Waals surface area contributed by atoms with E-state index < -0.39 is 11.9 Å². The third-order valence-electron chi connectivity index (χ3n) is 6.22. The number of Topliss-reactive ketones (excluding diaryl/α,β-unsaturated/α-hetero) is 1. The Labute approximate surface area is 263 Å². The summed E-state index contributed by atoms with van der Waals surface area (Å²) in [6.07, 6.45) is 0.124. The molecule has 0 spiro atoms. The van der Waals surface area contributed by atoms with Crippen LogP contribution in [0.15, 0.2) is 39.2 Å². The van der Waals surface area contributed by atoms with Gasteiger partial charge in [-0.1, -0.05) is 61.5 Å². The molecule has 3 aromatic rings. The molecule has 2 aromatic heterocycles. The van der Waals surface area contributed by atoms with E-state index in [9.17, 15) is 14.4 Å². The Bertz CT molecular complexity index is 1260. The summed E-state index contributed by atoms with van der Waals surface area (Å²) in [5, 5.41) is 17.9. The minimum absolute atomic E-state index is 0. The van der Waals surface area contributed by atoms with Crippen molar-refractivity contribution in [2.45, 2.75) is 85.5 Å². The molecule has 9 nitrogen and oxygen atoms in total. The molecule has 0 radical (unpaired) electrons. The second kappa shape index (κ2) is 16.6. The number of ether oxygens (including phenoxy) is 1. The zero-order valence-corrected chi connectivity index (χ0v) is 27.7. The van der Waals surface area contributed by atoms with E-state index in [1.54, 1.807) is 18.2 Å². The van der Waals surface area contributed by atoms with Crippen molar-refractivity contribution in [1.29, 1.82) is 0 Å². The van der Waals surface area contributed by atoms with Gasteiger partial charge in [-0.25, -0.2) is 9.59 Å². The zero-order chi connectivity index (χ0) is 29.6. The van der Waals surface area contributed by atoms with Crippen LogP contribution >= 0.6 is 0 Å². The monoisotopic (exact) mass is 580 g/mol. The van der Waals surface area contributed by atoms with Crippen molar-refractivity contribution < 1.29 is 73.2 Å². The summed E-state index contributed by atoms with van der Waals surface area (Å²) >= 11 is 0. The van der Waals surface area contributed by atoms with E-state index in [2.05, 4.69) is 13.8 Å². The first-order chi connectivity index (χ1) is 18.2. The quantitative estimate of drug-likeness (QED) is 0.256. The van der Waals surface area contributed by atoms with Crippen LogP contribution in [0.5, 0.6) is 5.75 Å². The Balaban J connectivity index is 0.000000857. The van der Waals surface area contributed by atoms with Crippen molar-refractivity contribution >= 4 is 17.7 Å². The molecule has 10 heteroatoms. The Hall–Kier alpha value is -2.85. The molecule has 0 unspecified atom stereocenters. The number of aromatic carboxylic acids is 2. The molecule has 0 aliphatic carbocycles. The maximum absolute atomic E-state index is 12.6. The number of ketones is 1. The molecule has 0 aliphatic heterocycles. The molecule has 3 N–H and O–H groups in total. The predicted octanol–water partition coefficient (Wildman–Crippen LogP) is 4.71. The Morgan fingerprint density at radius 3 is 1.56 bits per heavy atom. The average Bonchev–Trinajstić information content (AvgIpc) is 3.50. The fourth-order valence-electron chi connectivity index (χ4n) is 4.18. The molecule has 0 aliphatic rings. The molecule has 0 atom stereocenters. The van der Waals surface area contributed by atoms with E-state index in [0.29, 0.717) is 17.2 Å². The summed E-state index contributed by atoms with van der Waals surface area (Å²) in [5.41, 5.74) is 2.80. The molecule has 0 bridgehead atoms. The molecular formula is C31H41NaO9. The maximum atomic E-state index is 12.6. The minimum Gasteiger partial charge on any atom is -0.870 e. The summed E-state index contributed by atoms with van der Waals surface area (Å²) in [4.78, 5) is 34.5. The van der Waals surface area contributed by atoms with E-state index in [1.807, 2.05) is 47.6 Å². The van der Waals surface area contributed by atoms with Crippen molar-refractivity contribution in [2.75, 3.05) is 7.11 Å². The first kappa shape index (κ1) is 38.1. The smallest absolute Gasteiger partial charge is 0.870 e. The summed E-state index contributed by atoms with van der Waals surface area (Å²) in [7, 11) is 1.41. The minimum atomic E-state index is -1.07. The Kier molecular flexibility index (Phi) is 15.4. The Morgan fingerprint density at radius 1 is 0.732 bits per heavy atom. The van der Waals surface area contributed by atoms with Gasteiger partial charge in [0.2, 0.25) is 11.5 Å². The predicted molar refractivity (Wildman–Crippen MR) is 151 cm³/mol. The molecule has 41 heavy (non-hydrogen) atoms. The fraction of sp³-hybridized carbons (Fsp3) is 0.452. The number of carboxylic acid groups (broad SMARTS) is 2. The molecule has 3 rings (SSSR count). The number of furan rings is 2. The SMILES string of the molecule is CC(C)c1cc(C(=O)O)oc1C(C)C.COc1cc(CC(=O)c2cc(C(C)C)c(C(C)C)o2)ccc1C(=O)O.[Na+].[OH-]. The van der Waals surface area contributed by atoms with Gasteiger partial charge in [-0.3, -0.25) is 4.79 Å². The van der Waals surface area contributed by atoms with Gasteiger partial charge in [-0.2, -0.15) is 0 Å². The largest absolute Gasteiger partial charge is 1.00 e. The van der Waals surface area contributed by atoms with Crippen LogP contribution < -0.4 is 34.3 Å². The molecule has 0 fully saturated rings. The zero-order valence-electron chi connectivity index (χ0n) is 25.7. The molecule has 1 aromatic carbocycles. The van der Waals surface area contributed by atoms with Crippen LogP contribution in [0.25, 0.3) is 0 Å².